The van der Waals surface area contributed by atoms with E-state index in [4.69, 9.17) is 0 Å². The number of hydrogen-bond donors (Lipinski definition) is 0. The summed E-state index contributed by atoms with van der Waals surface area (Å²) in [7, 11) is 1.61. The predicted molar refractivity (Wildman–Crippen MR) is 71.7 cm³/mol. The molecule has 0 radical (unpaired) electrons. The standard InChI is InChI=1S/C10H14N8O2S/c1-16-9(11-8(13-16)18(19)20)21-10-12-14-15-17(10)7-5-3-2-4-6-7/h7H,2-6H2,1H3. The highest BCUT2D eigenvalue weighted by Crippen LogP contribution is 2.32. The number of nitrogens with zero attached hydrogens (tertiary/aromatic N) is 8. The molecule has 0 spiro atoms. The molecule has 0 unspecified atom stereocenters. The van der Waals surface area contributed by atoms with Crippen molar-refractivity contribution < 1.29 is 4.92 Å². The zero-order valence-corrected chi connectivity index (χ0v) is 12.2. The summed E-state index contributed by atoms with van der Waals surface area (Å²) in [4.78, 5) is 14.0. The maximum Gasteiger partial charge on any atom is 0.492 e. The Morgan fingerprint density at radius 3 is 2.71 bits per heavy atom. The van der Waals surface area contributed by atoms with Gasteiger partial charge in [0, 0.05) is 23.9 Å². The van der Waals surface area contributed by atoms with Crippen molar-refractivity contribution in [2.24, 2.45) is 7.05 Å². The smallest absolute Gasteiger partial charge is 0.390 e. The Labute approximate surface area is 124 Å². The van der Waals surface area contributed by atoms with Gasteiger partial charge in [-0.3, -0.25) is 0 Å². The van der Waals surface area contributed by atoms with E-state index in [1.165, 1.54) is 35.7 Å². The van der Waals surface area contributed by atoms with Gasteiger partial charge in [-0.05, 0) is 33.2 Å². The Morgan fingerprint density at radius 2 is 2.05 bits per heavy atom. The molecule has 2 heterocycles. The van der Waals surface area contributed by atoms with Crippen molar-refractivity contribution in [2.75, 3.05) is 0 Å². The van der Waals surface area contributed by atoms with Gasteiger partial charge in [-0.15, -0.1) is 5.10 Å². The molecule has 0 N–H and O–H groups in total. The van der Waals surface area contributed by atoms with Crippen LogP contribution in [0.3, 0.4) is 0 Å². The first-order chi connectivity index (χ1) is 10.1. The second-order valence-corrected chi connectivity index (χ2v) is 5.81. The second-order valence-electron chi connectivity index (χ2n) is 4.88. The van der Waals surface area contributed by atoms with Gasteiger partial charge in [-0.1, -0.05) is 19.3 Å². The van der Waals surface area contributed by atoms with E-state index in [0.29, 0.717) is 16.4 Å². The van der Waals surface area contributed by atoms with Gasteiger partial charge >= 0.3 is 5.95 Å². The minimum atomic E-state index is -0.617. The summed E-state index contributed by atoms with van der Waals surface area (Å²) in [5.41, 5.74) is 0. The van der Waals surface area contributed by atoms with Gasteiger partial charge < -0.3 is 10.1 Å². The van der Waals surface area contributed by atoms with Gasteiger partial charge in [-0.25, -0.2) is 4.68 Å². The zero-order valence-electron chi connectivity index (χ0n) is 11.4. The minimum Gasteiger partial charge on any atom is -0.390 e. The van der Waals surface area contributed by atoms with E-state index in [2.05, 4.69) is 25.6 Å². The Bertz CT molecular complexity index is 647. The lowest BCUT2D eigenvalue weighted by molar-refractivity contribution is -0.394. The molecule has 0 aromatic carbocycles. The highest BCUT2D eigenvalue weighted by Gasteiger charge is 2.25. The molecule has 0 atom stereocenters. The maximum absolute atomic E-state index is 10.7. The van der Waals surface area contributed by atoms with Crippen LogP contribution in [0.4, 0.5) is 5.95 Å². The summed E-state index contributed by atoms with van der Waals surface area (Å²) in [6.45, 7) is 0. The molecule has 1 aliphatic rings. The minimum absolute atomic E-state index is 0.291. The predicted octanol–water partition coefficient (Wildman–Crippen LogP) is 1.37. The van der Waals surface area contributed by atoms with Crippen LogP contribution in [0.2, 0.25) is 0 Å². The van der Waals surface area contributed by atoms with Gasteiger partial charge in [0.1, 0.15) is 0 Å². The molecule has 112 valence electrons. The van der Waals surface area contributed by atoms with Crippen LogP contribution in [-0.4, -0.2) is 39.9 Å². The molecule has 0 aliphatic heterocycles. The number of nitro groups is 1. The molecule has 0 bridgehead atoms. The van der Waals surface area contributed by atoms with E-state index in [1.54, 1.807) is 11.7 Å². The molecule has 11 heteroatoms. The van der Waals surface area contributed by atoms with Crippen LogP contribution in [0.5, 0.6) is 0 Å². The molecular formula is C10H14N8O2S. The van der Waals surface area contributed by atoms with Crippen molar-refractivity contribution in [3.8, 4) is 0 Å². The van der Waals surface area contributed by atoms with E-state index in [0.717, 1.165) is 12.8 Å². The van der Waals surface area contributed by atoms with E-state index in [-0.39, 0.29) is 0 Å². The van der Waals surface area contributed by atoms with Crippen molar-refractivity contribution in [1.82, 2.24) is 35.0 Å². The quantitative estimate of drug-likeness (QED) is 0.613. The second kappa shape index (κ2) is 5.76. The van der Waals surface area contributed by atoms with E-state index < -0.39 is 10.9 Å². The van der Waals surface area contributed by atoms with E-state index in [9.17, 15) is 10.1 Å². The molecule has 0 amide bonds. The number of aryl methyl sites for hydroxylation is 1. The fourth-order valence-corrected chi connectivity index (χ4v) is 3.23. The van der Waals surface area contributed by atoms with Crippen molar-refractivity contribution in [3.05, 3.63) is 10.1 Å². The van der Waals surface area contributed by atoms with Crippen LogP contribution < -0.4 is 0 Å². The largest absolute Gasteiger partial charge is 0.492 e. The van der Waals surface area contributed by atoms with Gasteiger partial charge in [0.2, 0.25) is 5.16 Å². The molecule has 10 nitrogen and oxygen atoms in total. The first-order valence-electron chi connectivity index (χ1n) is 6.66. The third-order valence-electron chi connectivity index (χ3n) is 3.44. The Hall–Kier alpha value is -2.04. The van der Waals surface area contributed by atoms with Crippen molar-refractivity contribution in [2.45, 2.75) is 48.5 Å². The number of hydrogen-bond acceptors (Lipinski definition) is 8. The molecule has 1 saturated carbocycles. The number of tetrazole rings is 1. The van der Waals surface area contributed by atoms with Crippen LogP contribution in [-0.2, 0) is 7.05 Å². The lowest BCUT2D eigenvalue weighted by atomic mass is 9.96. The summed E-state index contributed by atoms with van der Waals surface area (Å²) in [5, 5.41) is 27.2. The lowest BCUT2D eigenvalue weighted by Gasteiger charge is -2.21. The Kier molecular flexibility index (Phi) is 3.82. The van der Waals surface area contributed by atoms with Crippen LogP contribution >= 0.6 is 11.8 Å². The molecule has 3 rings (SSSR count). The van der Waals surface area contributed by atoms with Gasteiger partial charge in [0.25, 0.3) is 5.16 Å². The zero-order chi connectivity index (χ0) is 14.8. The number of aromatic nitrogens is 7. The van der Waals surface area contributed by atoms with Crippen molar-refractivity contribution in [3.63, 3.8) is 0 Å². The van der Waals surface area contributed by atoms with Crippen LogP contribution in [0, 0.1) is 10.1 Å². The Balaban J connectivity index is 1.82. The summed E-state index contributed by atoms with van der Waals surface area (Å²) >= 11 is 1.19. The highest BCUT2D eigenvalue weighted by atomic mass is 32.2. The molecule has 21 heavy (non-hydrogen) atoms. The van der Waals surface area contributed by atoms with Gasteiger partial charge in [0.15, 0.2) is 0 Å². The fourth-order valence-electron chi connectivity index (χ4n) is 2.41. The third kappa shape index (κ3) is 2.86. The normalized spacial score (nSPS) is 16.2. The first-order valence-corrected chi connectivity index (χ1v) is 7.48. The Morgan fingerprint density at radius 1 is 1.29 bits per heavy atom. The summed E-state index contributed by atoms with van der Waals surface area (Å²) in [6.07, 6.45) is 5.69. The van der Waals surface area contributed by atoms with Gasteiger partial charge in [-0.2, -0.15) is 4.68 Å². The van der Waals surface area contributed by atoms with Crippen LogP contribution in [0.25, 0.3) is 0 Å². The summed E-state index contributed by atoms with van der Waals surface area (Å²) in [5.74, 6) is -0.420. The molecule has 1 aliphatic carbocycles. The molecular weight excluding hydrogens is 296 g/mol. The third-order valence-corrected chi connectivity index (χ3v) is 4.43. The molecule has 1 fully saturated rings. The van der Waals surface area contributed by atoms with E-state index in [1.807, 2.05) is 0 Å². The van der Waals surface area contributed by atoms with Crippen LogP contribution in [0.1, 0.15) is 38.1 Å². The fraction of sp³-hybridized carbons (Fsp3) is 0.700. The molecule has 2 aromatic heterocycles. The maximum atomic E-state index is 10.7. The monoisotopic (exact) mass is 310 g/mol. The SMILES string of the molecule is Cn1nc([N+](=O)[O-])nc1Sc1nnnn1C1CCCCC1. The lowest BCUT2D eigenvalue weighted by Crippen LogP contribution is -2.15. The summed E-state index contributed by atoms with van der Waals surface area (Å²) in [6, 6.07) is 0.291. The summed E-state index contributed by atoms with van der Waals surface area (Å²) < 4.78 is 3.16. The molecule has 2 aromatic rings. The van der Waals surface area contributed by atoms with Crippen molar-refractivity contribution in [1.29, 1.82) is 0 Å². The topological polar surface area (TPSA) is 117 Å². The first kappa shape index (κ1) is 13.9. The van der Waals surface area contributed by atoms with E-state index >= 15 is 0 Å². The van der Waals surface area contributed by atoms with Crippen LogP contribution in [0.15, 0.2) is 10.3 Å². The van der Waals surface area contributed by atoms with Gasteiger partial charge in [0.05, 0.1) is 6.04 Å². The average molecular weight is 310 g/mol. The highest BCUT2D eigenvalue weighted by molar-refractivity contribution is 7.99. The molecule has 0 saturated heterocycles. The van der Waals surface area contributed by atoms with Crippen molar-refractivity contribution >= 4 is 17.7 Å². The number of rotatable bonds is 4. The average Bonchev–Trinajstić information content (AvgIpc) is 3.08.